The summed E-state index contributed by atoms with van der Waals surface area (Å²) in [6.07, 6.45) is 1.31. The lowest BCUT2D eigenvalue weighted by molar-refractivity contribution is -0.141. The number of anilines is 1. The molecule has 0 aliphatic rings. The number of aryl methyl sites for hydroxylation is 1. The maximum Gasteiger partial charge on any atom is 0.244 e. The monoisotopic (exact) mass is 575 g/mol. The zero-order valence-corrected chi connectivity index (χ0v) is 24.3. The first-order chi connectivity index (χ1) is 16.5. The normalized spacial score (nSPS) is 12.7. The quantitative estimate of drug-likeness (QED) is 0.430. The van der Waals surface area contributed by atoms with Crippen molar-refractivity contribution in [1.29, 1.82) is 0 Å². The number of benzene rings is 2. The van der Waals surface area contributed by atoms with Crippen LogP contribution in [-0.2, 0) is 26.2 Å². The Morgan fingerprint density at radius 2 is 1.67 bits per heavy atom. The van der Waals surface area contributed by atoms with Crippen molar-refractivity contribution in [2.45, 2.75) is 59.2 Å². The molecule has 2 amide bonds. The molecule has 2 rings (SSSR count). The van der Waals surface area contributed by atoms with Gasteiger partial charge >= 0.3 is 0 Å². The Kier molecular flexibility index (Phi) is 10.1. The molecular formula is C25H32Cl3N3O4S. The van der Waals surface area contributed by atoms with Gasteiger partial charge in [0.1, 0.15) is 12.6 Å². The van der Waals surface area contributed by atoms with Crippen LogP contribution in [0.1, 0.15) is 45.2 Å². The van der Waals surface area contributed by atoms with E-state index in [4.69, 9.17) is 34.8 Å². The van der Waals surface area contributed by atoms with Crippen molar-refractivity contribution >= 4 is 62.3 Å². The average molecular weight is 577 g/mol. The SMILES string of the molecule is CC[C@@H](C(=O)NC(C)(C)C)N(Cc1ccc(Cl)cc1Cl)C(=O)CN(c1ccc(C)c(Cl)c1)S(C)(=O)=O. The van der Waals surface area contributed by atoms with E-state index < -0.39 is 34.1 Å². The van der Waals surface area contributed by atoms with Gasteiger partial charge in [0.25, 0.3) is 0 Å². The number of nitrogens with zero attached hydrogens (tertiary/aromatic N) is 2. The third kappa shape index (κ3) is 8.26. The average Bonchev–Trinajstić information content (AvgIpc) is 2.73. The van der Waals surface area contributed by atoms with Gasteiger partial charge in [-0.2, -0.15) is 0 Å². The molecule has 7 nitrogen and oxygen atoms in total. The number of carbonyl (C=O) groups excluding carboxylic acids is 2. The number of amides is 2. The fourth-order valence-corrected chi connectivity index (χ4v) is 5.04. The zero-order valence-electron chi connectivity index (χ0n) is 21.2. The highest BCUT2D eigenvalue weighted by molar-refractivity contribution is 7.92. The largest absolute Gasteiger partial charge is 0.350 e. The topological polar surface area (TPSA) is 86.8 Å². The highest BCUT2D eigenvalue weighted by Gasteiger charge is 2.33. The highest BCUT2D eigenvalue weighted by Crippen LogP contribution is 2.27. The minimum Gasteiger partial charge on any atom is -0.350 e. The van der Waals surface area contributed by atoms with Crippen LogP contribution in [-0.4, -0.2) is 49.5 Å². The smallest absolute Gasteiger partial charge is 0.244 e. The molecule has 11 heteroatoms. The van der Waals surface area contributed by atoms with Crippen LogP contribution in [0.2, 0.25) is 15.1 Å². The molecule has 0 saturated carbocycles. The van der Waals surface area contributed by atoms with Crippen LogP contribution >= 0.6 is 34.8 Å². The Labute approximate surface area is 228 Å². The minimum atomic E-state index is -3.86. The Bertz CT molecular complexity index is 1230. The Morgan fingerprint density at radius 3 is 2.17 bits per heavy atom. The molecule has 0 saturated heterocycles. The molecule has 0 unspecified atom stereocenters. The van der Waals surface area contributed by atoms with Crippen molar-refractivity contribution in [1.82, 2.24) is 10.2 Å². The summed E-state index contributed by atoms with van der Waals surface area (Å²) in [7, 11) is -3.86. The summed E-state index contributed by atoms with van der Waals surface area (Å²) in [6.45, 7) is 8.55. The summed E-state index contributed by atoms with van der Waals surface area (Å²) in [5.41, 5.74) is 1.05. The predicted molar refractivity (Wildman–Crippen MR) is 147 cm³/mol. The molecule has 0 aliphatic carbocycles. The Hall–Kier alpha value is -2.00. The van der Waals surface area contributed by atoms with Crippen molar-refractivity contribution in [2.24, 2.45) is 0 Å². The third-order valence-corrected chi connectivity index (χ3v) is 7.50. The fourth-order valence-electron chi connectivity index (χ4n) is 3.56. The molecule has 1 atom stereocenters. The number of hydrogen-bond donors (Lipinski definition) is 1. The van der Waals surface area contributed by atoms with Crippen molar-refractivity contribution < 1.29 is 18.0 Å². The van der Waals surface area contributed by atoms with E-state index in [0.29, 0.717) is 27.1 Å². The summed E-state index contributed by atoms with van der Waals surface area (Å²) in [5.74, 6) is -0.924. The van der Waals surface area contributed by atoms with Gasteiger partial charge in [0, 0.05) is 27.2 Å². The molecule has 198 valence electrons. The molecule has 0 aliphatic heterocycles. The second-order valence-corrected chi connectivity index (χ2v) is 12.8. The first-order valence-corrected chi connectivity index (χ1v) is 14.3. The van der Waals surface area contributed by atoms with Gasteiger partial charge in [0.2, 0.25) is 21.8 Å². The number of nitrogens with one attached hydrogen (secondary N) is 1. The van der Waals surface area contributed by atoms with Crippen molar-refractivity contribution in [3.8, 4) is 0 Å². The van der Waals surface area contributed by atoms with Crippen molar-refractivity contribution in [3.63, 3.8) is 0 Å². The van der Waals surface area contributed by atoms with Gasteiger partial charge < -0.3 is 10.2 Å². The second kappa shape index (κ2) is 12.0. The molecule has 0 radical (unpaired) electrons. The first kappa shape index (κ1) is 30.2. The van der Waals surface area contributed by atoms with E-state index in [-0.39, 0.29) is 18.1 Å². The first-order valence-electron chi connectivity index (χ1n) is 11.3. The van der Waals surface area contributed by atoms with Crippen LogP contribution in [0.4, 0.5) is 5.69 Å². The van der Waals surface area contributed by atoms with E-state index in [1.54, 1.807) is 44.2 Å². The van der Waals surface area contributed by atoms with Gasteiger partial charge in [0.15, 0.2) is 0 Å². The zero-order chi connectivity index (χ0) is 27.4. The summed E-state index contributed by atoms with van der Waals surface area (Å²) in [6, 6.07) is 8.75. The minimum absolute atomic E-state index is 0.0167. The summed E-state index contributed by atoms with van der Waals surface area (Å²) in [5, 5.41) is 4.04. The van der Waals surface area contributed by atoms with Gasteiger partial charge in [-0.15, -0.1) is 0 Å². The van der Waals surface area contributed by atoms with Gasteiger partial charge in [-0.3, -0.25) is 13.9 Å². The number of rotatable bonds is 9. The molecule has 2 aromatic rings. The lowest BCUT2D eigenvalue weighted by atomic mass is 10.1. The van der Waals surface area contributed by atoms with Crippen LogP contribution in [0.15, 0.2) is 36.4 Å². The fraction of sp³-hybridized carbons (Fsp3) is 0.440. The lowest BCUT2D eigenvalue weighted by Gasteiger charge is -2.34. The van der Waals surface area contributed by atoms with E-state index in [1.807, 2.05) is 20.8 Å². The lowest BCUT2D eigenvalue weighted by Crippen LogP contribution is -2.55. The van der Waals surface area contributed by atoms with Gasteiger partial charge in [-0.25, -0.2) is 8.42 Å². The number of carbonyl (C=O) groups is 2. The molecule has 0 heterocycles. The van der Waals surface area contributed by atoms with Crippen LogP contribution in [0.5, 0.6) is 0 Å². The Balaban J connectivity index is 2.52. The van der Waals surface area contributed by atoms with Crippen LogP contribution in [0.3, 0.4) is 0 Å². The van der Waals surface area contributed by atoms with Gasteiger partial charge in [-0.05, 0) is 69.5 Å². The predicted octanol–water partition coefficient (Wildman–Crippen LogP) is 5.44. The van der Waals surface area contributed by atoms with E-state index >= 15 is 0 Å². The molecule has 0 fully saturated rings. The van der Waals surface area contributed by atoms with Crippen molar-refractivity contribution in [3.05, 3.63) is 62.6 Å². The molecule has 2 aromatic carbocycles. The molecule has 0 aromatic heterocycles. The molecule has 36 heavy (non-hydrogen) atoms. The van der Waals surface area contributed by atoms with E-state index in [1.165, 1.54) is 11.0 Å². The third-order valence-electron chi connectivity index (χ3n) is 5.36. The molecular weight excluding hydrogens is 545 g/mol. The molecule has 0 spiro atoms. The summed E-state index contributed by atoms with van der Waals surface area (Å²) in [4.78, 5) is 28.3. The van der Waals surface area contributed by atoms with E-state index in [9.17, 15) is 18.0 Å². The van der Waals surface area contributed by atoms with Crippen LogP contribution in [0.25, 0.3) is 0 Å². The number of halogens is 3. The number of sulfonamides is 1. The standard InChI is InChI=1S/C25H32Cl3N3O4S/c1-7-22(24(33)29-25(3,4)5)30(14-17-9-10-18(26)12-21(17)28)23(32)15-31(36(6,34)35)19-11-8-16(2)20(27)13-19/h8-13,22H,7,14-15H2,1-6H3,(H,29,33)/t22-/m0/s1. The maximum atomic E-state index is 13.7. The Morgan fingerprint density at radius 1 is 1.03 bits per heavy atom. The summed E-state index contributed by atoms with van der Waals surface area (Å²) >= 11 is 18.6. The second-order valence-electron chi connectivity index (χ2n) is 9.62. The van der Waals surface area contributed by atoms with E-state index in [0.717, 1.165) is 16.1 Å². The van der Waals surface area contributed by atoms with Crippen molar-refractivity contribution in [2.75, 3.05) is 17.1 Å². The van der Waals surface area contributed by atoms with E-state index in [2.05, 4.69) is 5.32 Å². The number of hydrogen-bond acceptors (Lipinski definition) is 4. The van der Waals surface area contributed by atoms with Crippen LogP contribution < -0.4 is 9.62 Å². The molecule has 1 N–H and O–H groups in total. The molecule has 0 bridgehead atoms. The maximum absolute atomic E-state index is 13.7. The van der Waals surface area contributed by atoms with Crippen LogP contribution in [0, 0.1) is 6.92 Å². The summed E-state index contributed by atoms with van der Waals surface area (Å²) < 4.78 is 26.4. The van der Waals surface area contributed by atoms with Gasteiger partial charge in [-0.1, -0.05) is 53.9 Å². The highest BCUT2D eigenvalue weighted by atomic mass is 35.5. The van der Waals surface area contributed by atoms with Gasteiger partial charge in [0.05, 0.1) is 11.9 Å².